The van der Waals surface area contributed by atoms with Crippen molar-refractivity contribution in [3.63, 3.8) is 0 Å². The van der Waals surface area contributed by atoms with E-state index in [9.17, 15) is 5.26 Å². The molecule has 1 aliphatic rings. The third kappa shape index (κ3) is 4.86. The smallest absolute Gasteiger partial charge is 0.119 e. The molecular formula is C17H24N2O. The van der Waals surface area contributed by atoms with Crippen LogP contribution in [0.5, 0.6) is 5.75 Å². The van der Waals surface area contributed by atoms with Crippen LogP contribution in [0.4, 0.5) is 0 Å². The van der Waals surface area contributed by atoms with E-state index in [1.165, 1.54) is 18.4 Å². The molecular weight excluding hydrogens is 248 g/mol. The van der Waals surface area contributed by atoms with Crippen molar-refractivity contribution in [2.45, 2.75) is 57.5 Å². The zero-order valence-corrected chi connectivity index (χ0v) is 12.5. The number of aryl methyl sites for hydroxylation is 1. The quantitative estimate of drug-likeness (QED) is 0.736. The van der Waals surface area contributed by atoms with Gasteiger partial charge in [-0.2, -0.15) is 5.26 Å². The first-order valence-corrected chi connectivity index (χ1v) is 7.50. The molecule has 0 amide bonds. The van der Waals surface area contributed by atoms with E-state index < -0.39 is 0 Å². The predicted octanol–water partition coefficient (Wildman–Crippen LogP) is 3.58. The SMILES string of the molecule is Cc1cccc(OCCCCC(C)(C#N)NC2CC2)c1. The Balaban J connectivity index is 1.64. The highest BCUT2D eigenvalue weighted by atomic mass is 16.5. The number of nitrogens with one attached hydrogen (secondary N) is 1. The van der Waals surface area contributed by atoms with E-state index in [4.69, 9.17) is 4.74 Å². The fourth-order valence-electron chi connectivity index (χ4n) is 2.31. The molecule has 1 fully saturated rings. The van der Waals surface area contributed by atoms with E-state index in [0.717, 1.165) is 25.0 Å². The molecule has 20 heavy (non-hydrogen) atoms. The van der Waals surface area contributed by atoms with Crippen molar-refractivity contribution in [3.8, 4) is 11.8 Å². The fourth-order valence-corrected chi connectivity index (χ4v) is 2.31. The summed E-state index contributed by atoms with van der Waals surface area (Å²) < 4.78 is 5.73. The van der Waals surface area contributed by atoms with Crippen molar-refractivity contribution in [1.29, 1.82) is 5.26 Å². The maximum atomic E-state index is 9.28. The second-order valence-electron chi connectivity index (χ2n) is 5.98. The summed E-state index contributed by atoms with van der Waals surface area (Å²) in [6.45, 7) is 4.79. The molecule has 3 nitrogen and oxygen atoms in total. The highest BCUT2D eigenvalue weighted by molar-refractivity contribution is 5.27. The molecule has 0 spiro atoms. The Hall–Kier alpha value is -1.53. The first kappa shape index (κ1) is 14.9. The van der Waals surface area contributed by atoms with Gasteiger partial charge in [-0.05, 0) is 63.6 Å². The van der Waals surface area contributed by atoms with E-state index in [0.29, 0.717) is 12.6 Å². The number of ether oxygens (including phenoxy) is 1. The highest BCUT2D eigenvalue weighted by Gasteiger charge is 2.31. The minimum Gasteiger partial charge on any atom is -0.494 e. The molecule has 0 heterocycles. The summed E-state index contributed by atoms with van der Waals surface area (Å²) >= 11 is 0. The summed E-state index contributed by atoms with van der Waals surface area (Å²) in [5.41, 5.74) is 0.845. The summed E-state index contributed by atoms with van der Waals surface area (Å²) in [5.74, 6) is 0.934. The second-order valence-corrected chi connectivity index (χ2v) is 5.98. The lowest BCUT2D eigenvalue weighted by Gasteiger charge is -2.23. The van der Waals surface area contributed by atoms with Gasteiger partial charge < -0.3 is 4.74 Å². The molecule has 2 rings (SSSR count). The molecule has 0 aliphatic heterocycles. The van der Waals surface area contributed by atoms with Gasteiger partial charge >= 0.3 is 0 Å². The van der Waals surface area contributed by atoms with Crippen molar-refractivity contribution >= 4 is 0 Å². The van der Waals surface area contributed by atoms with Gasteiger partial charge in [-0.3, -0.25) is 5.32 Å². The molecule has 0 saturated heterocycles. The average Bonchev–Trinajstić information content (AvgIpc) is 3.22. The lowest BCUT2D eigenvalue weighted by atomic mass is 9.96. The van der Waals surface area contributed by atoms with Crippen LogP contribution in [0.3, 0.4) is 0 Å². The summed E-state index contributed by atoms with van der Waals surface area (Å²) in [6, 6.07) is 11.1. The van der Waals surface area contributed by atoms with Crippen molar-refractivity contribution in [2.75, 3.05) is 6.61 Å². The van der Waals surface area contributed by atoms with Crippen LogP contribution >= 0.6 is 0 Å². The molecule has 1 atom stereocenters. The topological polar surface area (TPSA) is 45.0 Å². The average molecular weight is 272 g/mol. The third-order valence-electron chi connectivity index (χ3n) is 3.68. The van der Waals surface area contributed by atoms with Gasteiger partial charge in [0.2, 0.25) is 0 Å². The largest absolute Gasteiger partial charge is 0.494 e. The van der Waals surface area contributed by atoms with Crippen molar-refractivity contribution in [2.24, 2.45) is 0 Å². The van der Waals surface area contributed by atoms with E-state index in [1.54, 1.807) is 0 Å². The Morgan fingerprint density at radius 3 is 2.85 bits per heavy atom. The Morgan fingerprint density at radius 1 is 1.40 bits per heavy atom. The normalized spacial score (nSPS) is 17.2. The maximum absolute atomic E-state index is 9.28. The summed E-state index contributed by atoms with van der Waals surface area (Å²) in [6.07, 6.45) is 5.31. The molecule has 1 saturated carbocycles. The van der Waals surface area contributed by atoms with Gasteiger partial charge in [-0.25, -0.2) is 0 Å². The molecule has 3 heteroatoms. The van der Waals surface area contributed by atoms with E-state index in [-0.39, 0.29) is 5.54 Å². The number of rotatable bonds is 8. The fraction of sp³-hybridized carbons (Fsp3) is 0.588. The van der Waals surface area contributed by atoms with Gasteiger partial charge in [0.1, 0.15) is 11.3 Å². The zero-order chi connectivity index (χ0) is 14.4. The number of unbranched alkanes of at least 4 members (excludes halogenated alkanes) is 1. The van der Waals surface area contributed by atoms with E-state index >= 15 is 0 Å². The monoisotopic (exact) mass is 272 g/mol. The molecule has 1 aromatic carbocycles. The molecule has 108 valence electrons. The Kier molecular flexibility index (Phi) is 5.03. The van der Waals surface area contributed by atoms with Gasteiger partial charge in [0.05, 0.1) is 12.7 Å². The predicted molar refractivity (Wildman–Crippen MR) is 80.7 cm³/mol. The van der Waals surface area contributed by atoms with Crippen LogP contribution in [-0.2, 0) is 0 Å². The molecule has 1 unspecified atom stereocenters. The first-order chi connectivity index (χ1) is 9.61. The molecule has 0 bridgehead atoms. The second kappa shape index (κ2) is 6.76. The number of hydrogen-bond acceptors (Lipinski definition) is 3. The Labute approximate surface area is 121 Å². The first-order valence-electron chi connectivity index (χ1n) is 7.50. The maximum Gasteiger partial charge on any atom is 0.119 e. The molecule has 0 aromatic heterocycles. The number of hydrogen-bond donors (Lipinski definition) is 1. The standard InChI is InChI=1S/C17H24N2O/c1-14-6-5-7-16(12-14)20-11-4-3-10-17(2,13-18)19-15-8-9-15/h5-7,12,15,19H,3-4,8-11H2,1-2H3. The lowest BCUT2D eigenvalue weighted by molar-refractivity contribution is 0.295. The summed E-state index contributed by atoms with van der Waals surface area (Å²) in [7, 11) is 0. The molecule has 0 radical (unpaired) electrons. The van der Waals surface area contributed by atoms with E-state index in [1.807, 2.05) is 25.1 Å². The van der Waals surface area contributed by atoms with Gasteiger partial charge in [0, 0.05) is 6.04 Å². The molecule has 1 N–H and O–H groups in total. The van der Waals surface area contributed by atoms with Gasteiger partial charge in [0.25, 0.3) is 0 Å². The third-order valence-corrected chi connectivity index (χ3v) is 3.68. The zero-order valence-electron chi connectivity index (χ0n) is 12.5. The van der Waals surface area contributed by atoms with E-state index in [2.05, 4.69) is 24.4 Å². The van der Waals surface area contributed by atoms with Gasteiger partial charge in [-0.1, -0.05) is 12.1 Å². The van der Waals surface area contributed by atoms with Crippen LogP contribution in [0.2, 0.25) is 0 Å². The summed E-state index contributed by atoms with van der Waals surface area (Å²) in [4.78, 5) is 0. The molecule has 1 aromatic rings. The highest BCUT2D eigenvalue weighted by Crippen LogP contribution is 2.24. The number of benzene rings is 1. The van der Waals surface area contributed by atoms with Gasteiger partial charge in [0.15, 0.2) is 0 Å². The summed E-state index contributed by atoms with van der Waals surface area (Å²) in [5, 5.41) is 12.7. The van der Waals surface area contributed by atoms with Crippen molar-refractivity contribution in [3.05, 3.63) is 29.8 Å². The number of nitriles is 1. The van der Waals surface area contributed by atoms with Gasteiger partial charge in [-0.15, -0.1) is 0 Å². The van der Waals surface area contributed by atoms with Crippen LogP contribution in [-0.4, -0.2) is 18.2 Å². The lowest BCUT2D eigenvalue weighted by Crippen LogP contribution is -2.42. The minimum absolute atomic E-state index is 0.371. The van der Waals surface area contributed by atoms with Crippen LogP contribution in [0, 0.1) is 18.3 Å². The molecule has 1 aliphatic carbocycles. The van der Waals surface area contributed by atoms with Crippen LogP contribution in [0.25, 0.3) is 0 Å². The van der Waals surface area contributed by atoms with Crippen LogP contribution in [0.15, 0.2) is 24.3 Å². The minimum atomic E-state index is -0.371. The van der Waals surface area contributed by atoms with Crippen LogP contribution in [0.1, 0.15) is 44.6 Å². The van der Waals surface area contributed by atoms with Crippen molar-refractivity contribution < 1.29 is 4.74 Å². The Bertz CT molecular complexity index is 476. The van der Waals surface area contributed by atoms with Crippen molar-refractivity contribution in [1.82, 2.24) is 5.32 Å². The Morgan fingerprint density at radius 2 is 2.20 bits per heavy atom. The van der Waals surface area contributed by atoms with Crippen LogP contribution < -0.4 is 10.1 Å². The number of nitrogens with zero attached hydrogens (tertiary/aromatic N) is 1.